The first-order chi connectivity index (χ1) is 15.6. The summed E-state index contributed by atoms with van der Waals surface area (Å²) in [4.78, 5) is 0. The lowest BCUT2D eigenvalue weighted by molar-refractivity contribution is 0.459. The van der Waals surface area contributed by atoms with Crippen molar-refractivity contribution in [3.8, 4) is 28.0 Å². The van der Waals surface area contributed by atoms with Crippen molar-refractivity contribution in [3.05, 3.63) is 102 Å². The summed E-state index contributed by atoms with van der Waals surface area (Å²) in [5.41, 5.74) is 7.76. The molecule has 154 valence electrons. The number of hydrogen-bond acceptors (Lipinski definition) is 2. The minimum atomic E-state index is -0.349. The zero-order valence-corrected chi connectivity index (χ0v) is 18.2. The highest BCUT2D eigenvalue weighted by atomic mass is 16.5. The van der Waals surface area contributed by atoms with Crippen molar-refractivity contribution in [3.63, 3.8) is 0 Å². The second kappa shape index (κ2) is 6.98. The van der Waals surface area contributed by atoms with E-state index in [1.165, 1.54) is 33.4 Å². The van der Waals surface area contributed by atoms with Gasteiger partial charge in [0.05, 0.1) is 0 Å². The molecule has 0 unspecified atom stereocenters. The van der Waals surface area contributed by atoms with Crippen LogP contribution in [0.5, 0.6) is 5.75 Å². The molecule has 32 heavy (non-hydrogen) atoms. The highest BCUT2D eigenvalue weighted by Gasteiger charge is 2.35. The summed E-state index contributed by atoms with van der Waals surface area (Å²) in [6, 6.07) is 32.3. The molecule has 0 spiro atoms. The Morgan fingerprint density at radius 3 is 1.88 bits per heavy atom. The Hall–Kier alpha value is -3.56. The average molecular weight is 414 g/mol. The lowest BCUT2D eigenvalue weighted by atomic mass is 9.81. The van der Waals surface area contributed by atoms with E-state index in [0.717, 1.165) is 27.3 Å². The largest absolute Gasteiger partial charge is 0.538 e. The van der Waals surface area contributed by atoms with Crippen LogP contribution in [0.25, 0.3) is 43.8 Å². The number of rotatable bonds is 3. The van der Waals surface area contributed by atoms with Gasteiger partial charge in [-0.1, -0.05) is 98.8 Å². The molecule has 5 aromatic carbocycles. The molecule has 0 amide bonds. The van der Waals surface area contributed by atoms with Crippen molar-refractivity contribution in [2.75, 3.05) is 0 Å². The smallest absolute Gasteiger partial charge is 0.504 e. The second-order valence-corrected chi connectivity index (χ2v) is 9.00. The van der Waals surface area contributed by atoms with Crippen LogP contribution in [-0.4, -0.2) is 12.7 Å². The minimum Gasteiger partial charge on any atom is -0.538 e. The third-order valence-electron chi connectivity index (χ3n) is 6.96. The summed E-state index contributed by atoms with van der Waals surface area (Å²) in [7, 11) is -0.349. The summed E-state index contributed by atoms with van der Waals surface area (Å²) in [6.45, 7) is 4.63. The molecule has 0 heterocycles. The Morgan fingerprint density at radius 2 is 1.22 bits per heavy atom. The second-order valence-electron chi connectivity index (χ2n) is 9.00. The van der Waals surface area contributed by atoms with Gasteiger partial charge in [-0.15, -0.1) is 0 Å². The van der Waals surface area contributed by atoms with Crippen LogP contribution in [0.15, 0.2) is 91.0 Å². The van der Waals surface area contributed by atoms with Gasteiger partial charge in [0.25, 0.3) is 0 Å². The Kier molecular flexibility index (Phi) is 4.18. The number of fused-ring (bicyclic) bond motifs is 5. The van der Waals surface area contributed by atoms with Crippen molar-refractivity contribution in [2.45, 2.75) is 19.3 Å². The summed E-state index contributed by atoms with van der Waals surface area (Å²) in [5, 5.41) is 13.8. The Bertz CT molecular complexity index is 1460. The van der Waals surface area contributed by atoms with E-state index in [1.54, 1.807) is 0 Å². The first-order valence-corrected chi connectivity index (χ1v) is 11.0. The fourth-order valence-corrected chi connectivity index (χ4v) is 5.48. The van der Waals surface area contributed by atoms with Crippen LogP contribution in [0.4, 0.5) is 0 Å². The maximum absolute atomic E-state index is 9.55. The fraction of sp³-hybridized carbons (Fsp3) is 0.103. The number of hydrogen-bond donors (Lipinski definition) is 1. The Morgan fingerprint density at radius 1 is 0.656 bits per heavy atom. The lowest BCUT2D eigenvalue weighted by Crippen LogP contribution is -2.14. The van der Waals surface area contributed by atoms with Gasteiger partial charge >= 0.3 is 7.69 Å². The highest BCUT2D eigenvalue weighted by Crippen LogP contribution is 2.51. The monoisotopic (exact) mass is 414 g/mol. The first-order valence-electron chi connectivity index (χ1n) is 11.0. The van der Waals surface area contributed by atoms with Crippen molar-refractivity contribution in [1.82, 2.24) is 0 Å². The molecule has 1 aliphatic rings. The molecule has 1 aliphatic carbocycles. The Labute approximate surface area is 188 Å². The molecule has 0 aliphatic heterocycles. The lowest BCUT2D eigenvalue weighted by Gasteiger charge is -2.23. The molecule has 5 aromatic rings. The first kappa shape index (κ1) is 19.2. The maximum atomic E-state index is 9.55. The van der Waals surface area contributed by atoms with Gasteiger partial charge < -0.3 is 9.68 Å². The van der Waals surface area contributed by atoms with Crippen LogP contribution in [0.1, 0.15) is 25.0 Å². The third-order valence-corrected chi connectivity index (χ3v) is 6.96. The molecular weight excluding hydrogens is 391 g/mol. The van der Waals surface area contributed by atoms with Crippen LogP contribution >= 0.6 is 0 Å². The normalized spacial score (nSPS) is 13.7. The van der Waals surface area contributed by atoms with Crippen molar-refractivity contribution < 1.29 is 9.68 Å². The predicted octanol–water partition coefficient (Wildman–Crippen LogP) is 6.60. The molecule has 3 heteroatoms. The van der Waals surface area contributed by atoms with Crippen LogP contribution < -0.4 is 4.65 Å². The zero-order chi connectivity index (χ0) is 21.9. The third kappa shape index (κ3) is 2.58. The molecule has 2 nitrogen and oxygen atoms in total. The molecule has 0 saturated carbocycles. The standard InChI is InChI=1S/C29H23BO2/c1-29(2)25-14-8-7-9-19(25)20-16-15-18(17-26(20)29)27-21-10-3-5-12-23(21)28(32-30-31)24-13-6-4-11-22(24)27/h3-17,30-31H,1-2H3. The van der Waals surface area contributed by atoms with E-state index >= 15 is 0 Å². The summed E-state index contributed by atoms with van der Waals surface area (Å²) < 4.78 is 5.73. The Balaban J connectivity index is 1.69. The molecule has 0 aromatic heterocycles. The fourth-order valence-electron chi connectivity index (χ4n) is 5.48. The molecular formula is C29H23BO2. The molecule has 0 atom stereocenters. The number of benzene rings is 5. The van der Waals surface area contributed by atoms with Gasteiger partial charge in [-0.05, 0) is 50.2 Å². The van der Waals surface area contributed by atoms with Gasteiger partial charge in [0, 0.05) is 16.2 Å². The molecule has 1 N–H and O–H groups in total. The average Bonchev–Trinajstić information content (AvgIpc) is 3.06. The van der Waals surface area contributed by atoms with Crippen molar-refractivity contribution >= 4 is 29.2 Å². The molecule has 0 saturated heterocycles. The highest BCUT2D eigenvalue weighted by molar-refractivity contribution is 6.22. The van der Waals surface area contributed by atoms with E-state index in [9.17, 15) is 5.02 Å². The van der Waals surface area contributed by atoms with Gasteiger partial charge in [0.1, 0.15) is 5.75 Å². The van der Waals surface area contributed by atoms with Gasteiger partial charge in [-0.2, -0.15) is 0 Å². The minimum absolute atomic E-state index is 0.0481. The van der Waals surface area contributed by atoms with Gasteiger partial charge in [0.2, 0.25) is 0 Å². The van der Waals surface area contributed by atoms with E-state index in [2.05, 4.69) is 92.7 Å². The zero-order valence-electron chi connectivity index (χ0n) is 18.2. The summed E-state index contributed by atoms with van der Waals surface area (Å²) in [6.07, 6.45) is 0. The SMILES string of the molecule is CC1(C)c2ccccc2-c2ccc(-c3c4ccccc4c(OBO)c4ccccc34)cc21. The topological polar surface area (TPSA) is 29.5 Å². The van der Waals surface area contributed by atoms with E-state index in [-0.39, 0.29) is 13.1 Å². The predicted molar refractivity (Wildman–Crippen MR) is 134 cm³/mol. The van der Waals surface area contributed by atoms with Crippen LogP contribution in [0.2, 0.25) is 0 Å². The summed E-state index contributed by atoms with van der Waals surface area (Å²) in [5.74, 6) is 0.733. The summed E-state index contributed by atoms with van der Waals surface area (Å²) >= 11 is 0. The van der Waals surface area contributed by atoms with Crippen molar-refractivity contribution in [2.24, 2.45) is 0 Å². The van der Waals surface area contributed by atoms with Gasteiger partial charge in [0.15, 0.2) is 0 Å². The van der Waals surface area contributed by atoms with Crippen LogP contribution in [0.3, 0.4) is 0 Å². The molecule has 0 bridgehead atoms. The molecule has 6 rings (SSSR count). The van der Waals surface area contributed by atoms with E-state index < -0.39 is 0 Å². The van der Waals surface area contributed by atoms with Crippen molar-refractivity contribution in [1.29, 1.82) is 0 Å². The van der Waals surface area contributed by atoms with Crippen LogP contribution in [0, 0.1) is 0 Å². The quantitative estimate of drug-likeness (QED) is 0.266. The van der Waals surface area contributed by atoms with Gasteiger partial charge in [-0.25, -0.2) is 0 Å². The maximum Gasteiger partial charge on any atom is 0.504 e. The van der Waals surface area contributed by atoms with E-state index in [4.69, 9.17) is 4.65 Å². The van der Waals surface area contributed by atoms with E-state index in [1.807, 2.05) is 12.1 Å². The van der Waals surface area contributed by atoms with E-state index in [0.29, 0.717) is 0 Å². The van der Waals surface area contributed by atoms with Gasteiger partial charge in [-0.3, -0.25) is 0 Å². The van der Waals surface area contributed by atoms with Crippen LogP contribution in [-0.2, 0) is 5.41 Å². The molecule has 0 radical (unpaired) electrons. The molecule has 0 fully saturated rings.